The molecule has 0 amide bonds. The minimum absolute atomic E-state index is 0.0886. The van der Waals surface area contributed by atoms with E-state index in [-0.39, 0.29) is 11.3 Å². The van der Waals surface area contributed by atoms with E-state index in [2.05, 4.69) is 5.10 Å². The van der Waals surface area contributed by atoms with E-state index >= 15 is 0 Å². The highest BCUT2D eigenvalue weighted by atomic mass is 16.4. The molecule has 16 heavy (non-hydrogen) atoms. The Balaban J connectivity index is 2.58. The third kappa shape index (κ3) is 1.63. The van der Waals surface area contributed by atoms with Crippen molar-refractivity contribution in [2.24, 2.45) is 0 Å². The summed E-state index contributed by atoms with van der Waals surface area (Å²) in [6.07, 6.45) is 1.74. The third-order valence-corrected chi connectivity index (χ3v) is 2.28. The van der Waals surface area contributed by atoms with Crippen LogP contribution in [0.2, 0.25) is 0 Å². The number of carboxylic acids is 1. The first kappa shape index (κ1) is 10.2. The van der Waals surface area contributed by atoms with Gasteiger partial charge in [-0.2, -0.15) is 5.10 Å². The molecule has 0 bridgehead atoms. The number of nitrogen functional groups attached to an aromatic ring is 1. The molecule has 0 saturated heterocycles. The van der Waals surface area contributed by atoms with Gasteiger partial charge in [-0.1, -0.05) is 6.07 Å². The lowest BCUT2D eigenvalue weighted by Gasteiger charge is -2.07. The lowest BCUT2D eigenvalue weighted by atomic mass is 10.1. The van der Waals surface area contributed by atoms with Crippen molar-refractivity contribution < 1.29 is 9.90 Å². The van der Waals surface area contributed by atoms with Gasteiger partial charge >= 0.3 is 5.97 Å². The number of nitrogens with two attached hydrogens (primary N) is 1. The lowest BCUT2D eigenvalue weighted by Crippen LogP contribution is -2.07. The van der Waals surface area contributed by atoms with Gasteiger partial charge in [0, 0.05) is 6.20 Å². The maximum atomic E-state index is 10.9. The van der Waals surface area contributed by atoms with Crippen molar-refractivity contribution in [3.8, 4) is 5.69 Å². The van der Waals surface area contributed by atoms with Crippen LogP contribution in [0.15, 0.2) is 30.5 Å². The molecule has 0 fully saturated rings. The van der Waals surface area contributed by atoms with Crippen molar-refractivity contribution in [3.05, 3.63) is 41.7 Å². The number of carbonyl (C=O) groups is 1. The molecule has 1 aromatic heterocycles. The summed E-state index contributed by atoms with van der Waals surface area (Å²) >= 11 is 0. The summed E-state index contributed by atoms with van der Waals surface area (Å²) in [4.78, 5) is 10.9. The van der Waals surface area contributed by atoms with Crippen LogP contribution in [0.3, 0.4) is 0 Å². The number of benzene rings is 1. The maximum Gasteiger partial charge on any atom is 0.337 e. The summed E-state index contributed by atoms with van der Waals surface area (Å²) in [5.41, 5.74) is 7.52. The molecule has 0 aliphatic carbocycles. The molecule has 82 valence electrons. The summed E-state index contributed by atoms with van der Waals surface area (Å²) in [7, 11) is 0. The van der Waals surface area contributed by atoms with Gasteiger partial charge in [0.1, 0.15) is 0 Å². The van der Waals surface area contributed by atoms with E-state index in [0.717, 1.165) is 5.69 Å². The number of aryl methyl sites for hydroxylation is 1. The van der Waals surface area contributed by atoms with E-state index in [9.17, 15) is 4.79 Å². The van der Waals surface area contributed by atoms with Crippen LogP contribution in [0, 0.1) is 6.92 Å². The lowest BCUT2D eigenvalue weighted by molar-refractivity contribution is 0.0698. The molecule has 5 heteroatoms. The van der Waals surface area contributed by atoms with Crippen LogP contribution in [0.1, 0.15) is 16.1 Å². The van der Waals surface area contributed by atoms with Gasteiger partial charge in [0.15, 0.2) is 0 Å². The predicted octanol–water partition coefficient (Wildman–Crippen LogP) is 1.46. The number of nitrogens with zero attached hydrogens (tertiary/aromatic N) is 2. The van der Waals surface area contributed by atoms with Crippen LogP contribution in [0.5, 0.6) is 0 Å². The molecule has 1 aromatic carbocycles. The SMILES string of the molecule is Cc1ccn(-c2cccc(C(=O)O)c2N)n1. The van der Waals surface area contributed by atoms with Gasteiger partial charge in [-0.3, -0.25) is 0 Å². The Morgan fingerprint density at radius 1 is 1.44 bits per heavy atom. The second kappa shape index (κ2) is 3.69. The molecule has 2 rings (SSSR count). The van der Waals surface area contributed by atoms with E-state index in [0.29, 0.717) is 5.69 Å². The fraction of sp³-hybridized carbons (Fsp3) is 0.0909. The average Bonchev–Trinajstić information content (AvgIpc) is 2.64. The highest BCUT2D eigenvalue weighted by molar-refractivity contribution is 5.95. The Bertz CT molecular complexity index is 546. The Labute approximate surface area is 92.1 Å². The van der Waals surface area contributed by atoms with Crippen molar-refractivity contribution in [2.45, 2.75) is 6.92 Å². The minimum atomic E-state index is -1.04. The van der Waals surface area contributed by atoms with Crippen molar-refractivity contribution in [2.75, 3.05) is 5.73 Å². The van der Waals surface area contributed by atoms with Crippen molar-refractivity contribution >= 4 is 11.7 Å². The zero-order valence-corrected chi connectivity index (χ0v) is 8.71. The fourth-order valence-corrected chi connectivity index (χ4v) is 1.49. The van der Waals surface area contributed by atoms with Gasteiger partial charge in [-0.05, 0) is 25.1 Å². The minimum Gasteiger partial charge on any atom is -0.478 e. The predicted molar refractivity (Wildman–Crippen MR) is 59.7 cm³/mol. The number of anilines is 1. The number of aromatic nitrogens is 2. The van der Waals surface area contributed by atoms with Crippen LogP contribution in [-0.4, -0.2) is 20.9 Å². The van der Waals surface area contributed by atoms with Gasteiger partial charge in [-0.15, -0.1) is 0 Å². The Morgan fingerprint density at radius 2 is 2.19 bits per heavy atom. The number of hydrogen-bond donors (Lipinski definition) is 2. The molecule has 0 atom stereocenters. The second-order valence-electron chi connectivity index (χ2n) is 3.45. The van der Waals surface area contributed by atoms with Gasteiger partial charge in [-0.25, -0.2) is 9.48 Å². The fourth-order valence-electron chi connectivity index (χ4n) is 1.49. The molecule has 1 heterocycles. The standard InChI is InChI=1S/C11H11N3O2/c1-7-5-6-14(13-7)9-4-2-3-8(10(9)12)11(15)16/h2-6H,12H2,1H3,(H,15,16). The van der Waals surface area contributed by atoms with E-state index in [1.807, 2.05) is 13.0 Å². The van der Waals surface area contributed by atoms with Gasteiger partial charge in [0.25, 0.3) is 0 Å². The van der Waals surface area contributed by atoms with Crippen LogP contribution < -0.4 is 5.73 Å². The largest absolute Gasteiger partial charge is 0.478 e. The monoisotopic (exact) mass is 217 g/mol. The topological polar surface area (TPSA) is 81.1 Å². The number of carboxylic acid groups (broad SMARTS) is 1. The Morgan fingerprint density at radius 3 is 2.75 bits per heavy atom. The summed E-state index contributed by atoms with van der Waals surface area (Å²) < 4.78 is 1.57. The molecular formula is C11H11N3O2. The van der Waals surface area contributed by atoms with Crippen LogP contribution in [-0.2, 0) is 0 Å². The smallest absolute Gasteiger partial charge is 0.337 e. The molecule has 0 aliphatic heterocycles. The molecular weight excluding hydrogens is 206 g/mol. The molecule has 0 aliphatic rings. The molecule has 3 N–H and O–H groups in total. The molecule has 0 radical (unpaired) electrons. The van der Waals surface area contributed by atoms with Gasteiger partial charge in [0.2, 0.25) is 0 Å². The normalized spacial score (nSPS) is 10.3. The molecule has 0 spiro atoms. The summed E-state index contributed by atoms with van der Waals surface area (Å²) in [5.74, 6) is -1.04. The van der Waals surface area contributed by atoms with Crippen molar-refractivity contribution in [1.82, 2.24) is 9.78 Å². The number of aromatic carboxylic acids is 1. The average molecular weight is 217 g/mol. The van der Waals surface area contributed by atoms with Gasteiger partial charge < -0.3 is 10.8 Å². The quantitative estimate of drug-likeness (QED) is 0.746. The Kier molecular flexibility index (Phi) is 2.36. The summed E-state index contributed by atoms with van der Waals surface area (Å²) in [6, 6.07) is 6.67. The van der Waals surface area contributed by atoms with Gasteiger partial charge in [0.05, 0.1) is 22.6 Å². The van der Waals surface area contributed by atoms with Crippen molar-refractivity contribution in [3.63, 3.8) is 0 Å². The second-order valence-corrected chi connectivity index (χ2v) is 3.45. The maximum absolute atomic E-state index is 10.9. The number of para-hydroxylation sites is 1. The molecule has 0 saturated carbocycles. The first-order valence-electron chi connectivity index (χ1n) is 4.74. The summed E-state index contributed by atoms with van der Waals surface area (Å²) in [5, 5.41) is 13.1. The van der Waals surface area contributed by atoms with E-state index < -0.39 is 5.97 Å². The zero-order chi connectivity index (χ0) is 11.7. The highest BCUT2D eigenvalue weighted by Gasteiger charge is 2.12. The van der Waals surface area contributed by atoms with Crippen LogP contribution in [0.4, 0.5) is 5.69 Å². The highest BCUT2D eigenvalue weighted by Crippen LogP contribution is 2.21. The zero-order valence-electron chi connectivity index (χ0n) is 8.71. The summed E-state index contributed by atoms with van der Waals surface area (Å²) in [6.45, 7) is 1.85. The molecule has 0 unspecified atom stereocenters. The molecule has 5 nitrogen and oxygen atoms in total. The van der Waals surface area contributed by atoms with Crippen LogP contribution >= 0.6 is 0 Å². The van der Waals surface area contributed by atoms with Crippen LogP contribution in [0.25, 0.3) is 5.69 Å². The first-order chi connectivity index (χ1) is 7.59. The molecule has 2 aromatic rings. The number of rotatable bonds is 2. The van der Waals surface area contributed by atoms with E-state index in [1.54, 1.807) is 23.0 Å². The number of hydrogen-bond acceptors (Lipinski definition) is 3. The van der Waals surface area contributed by atoms with E-state index in [1.165, 1.54) is 6.07 Å². The Hall–Kier alpha value is -2.30. The van der Waals surface area contributed by atoms with Crippen molar-refractivity contribution in [1.29, 1.82) is 0 Å². The third-order valence-electron chi connectivity index (χ3n) is 2.28. The van der Waals surface area contributed by atoms with E-state index in [4.69, 9.17) is 10.8 Å². The first-order valence-corrected chi connectivity index (χ1v) is 4.74.